The van der Waals surface area contributed by atoms with Crippen LogP contribution in [0.2, 0.25) is 0 Å². The van der Waals surface area contributed by atoms with E-state index < -0.39 is 6.04 Å². The van der Waals surface area contributed by atoms with Crippen LogP contribution in [0.3, 0.4) is 0 Å². The number of rotatable bonds is 6. The molecule has 0 bridgehead atoms. The topological polar surface area (TPSA) is 47.9 Å². The Hall–Kier alpha value is -2.46. The smallest absolute Gasteiger partial charge is 0.331 e. The minimum atomic E-state index is -0.538. The van der Waals surface area contributed by atoms with Gasteiger partial charge in [0.25, 0.3) is 0 Å². The summed E-state index contributed by atoms with van der Waals surface area (Å²) in [6, 6.07) is 19.5. The van der Waals surface area contributed by atoms with E-state index in [0.29, 0.717) is 6.61 Å². The second-order valence-corrected chi connectivity index (χ2v) is 7.40. The number of esters is 1. The van der Waals surface area contributed by atoms with Gasteiger partial charge in [-0.15, -0.1) is 0 Å². The number of ether oxygens (including phenoxy) is 2. The molecule has 0 N–H and O–H groups in total. The normalized spacial score (nSPS) is 22.9. The molecular formula is C24H29NO3. The first-order valence-corrected chi connectivity index (χ1v) is 10.1. The van der Waals surface area contributed by atoms with Crippen LogP contribution in [0.25, 0.3) is 0 Å². The van der Waals surface area contributed by atoms with E-state index in [1.165, 1.54) is 0 Å². The predicted octanol–water partition coefficient (Wildman–Crippen LogP) is 4.66. The van der Waals surface area contributed by atoms with E-state index in [4.69, 9.17) is 14.5 Å². The molecular weight excluding hydrogens is 350 g/mol. The summed E-state index contributed by atoms with van der Waals surface area (Å²) in [6.45, 7) is 6.31. The summed E-state index contributed by atoms with van der Waals surface area (Å²) >= 11 is 0. The van der Waals surface area contributed by atoms with Gasteiger partial charge < -0.3 is 9.47 Å². The van der Waals surface area contributed by atoms with Crippen molar-refractivity contribution in [2.45, 2.75) is 51.9 Å². The van der Waals surface area contributed by atoms with Gasteiger partial charge in [0.05, 0.1) is 24.5 Å². The van der Waals surface area contributed by atoms with Crippen LogP contribution in [0.4, 0.5) is 0 Å². The highest BCUT2D eigenvalue weighted by Crippen LogP contribution is 2.30. The van der Waals surface area contributed by atoms with Crippen LogP contribution in [0, 0.1) is 5.92 Å². The van der Waals surface area contributed by atoms with Crippen molar-refractivity contribution in [3.63, 3.8) is 0 Å². The Morgan fingerprint density at radius 3 is 1.96 bits per heavy atom. The van der Waals surface area contributed by atoms with E-state index in [9.17, 15) is 4.79 Å². The fraction of sp³-hybridized carbons (Fsp3) is 0.417. The van der Waals surface area contributed by atoms with Crippen LogP contribution >= 0.6 is 0 Å². The molecule has 0 aliphatic carbocycles. The van der Waals surface area contributed by atoms with Gasteiger partial charge in [-0.05, 0) is 39.5 Å². The summed E-state index contributed by atoms with van der Waals surface area (Å²) in [5.41, 5.74) is 2.82. The van der Waals surface area contributed by atoms with Crippen molar-refractivity contribution in [2.24, 2.45) is 10.9 Å². The van der Waals surface area contributed by atoms with Gasteiger partial charge in [0.2, 0.25) is 0 Å². The average molecular weight is 380 g/mol. The van der Waals surface area contributed by atoms with Gasteiger partial charge in [-0.3, -0.25) is 4.99 Å². The molecule has 1 saturated heterocycles. The molecule has 1 unspecified atom stereocenters. The molecule has 0 aromatic heterocycles. The molecule has 4 nitrogen and oxygen atoms in total. The van der Waals surface area contributed by atoms with Crippen LogP contribution in [0.5, 0.6) is 0 Å². The lowest BCUT2D eigenvalue weighted by atomic mass is 9.86. The standard InChI is InChI=1S/C24H29NO3/c1-4-27-24(26)23(21-15-17(2)28-18(3)16-21)25-22(19-11-7-5-8-12-19)20-13-9-6-10-14-20/h5-14,17-18,21,23H,4,15-16H2,1-3H3/t17-,18+,21-,23?. The monoisotopic (exact) mass is 379 g/mol. The van der Waals surface area contributed by atoms with Crippen LogP contribution in [-0.2, 0) is 14.3 Å². The van der Waals surface area contributed by atoms with Gasteiger partial charge in [-0.1, -0.05) is 60.7 Å². The minimum absolute atomic E-state index is 0.0974. The van der Waals surface area contributed by atoms with Crippen LogP contribution in [0.1, 0.15) is 44.7 Å². The number of carbonyl (C=O) groups excluding carboxylic acids is 1. The molecule has 1 fully saturated rings. The summed E-state index contributed by atoms with van der Waals surface area (Å²) in [7, 11) is 0. The van der Waals surface area contributed by atoms with Gasteiger partial charge in [0.15, 0.2) is 6.04 Å². The van der Waals surface area contributed by atoms with Crippen molar-refractivity contribution in [1.29, 1.82) is 0 Å². The molecule has 28 heavy (non-hydrogen) atoms. The fourth-order valence-electron chi connectivity index (χ4n) is 3.94. The van der Waals surface area contributed by atoms with Crippen molar-refractivity contribution in [2.75, 3.05) is 6.61 Å². The molecule has 4 heteroatoms. The number of carbonyl (C=O) groups is 1. The lowest BCUT2D eigenvalue weighted by Gasteiger charge is -2.34. The average Bonchev–Trinajstić information content (AvgIpc) is 2.69. The van der Waals surface area contributed by atoms with E-state index in [2.05, 4.69) is 13.8 Å². The molecule has 1 aliphatic heterocycles. The molecule has 0 radical (unpaired) electrons. The SMILES string of the molecule is CCOC(=O)C(N=C(c1ccccc1)c1ccccc1)[C@@H]1C[C@@H](C)O[C@@H](C)C1. The Morgan fingerprint density at radius 1 is 1.00 bits per heavy atom. The summed E-state index contributed by atoms with van der Waals surface area (Å²) in [6.07, 6.45) is 1.82. The third kappa shape index (κ3) is 5.08. The zero-order chi connectivity index (χ0) is 19.9. The van der Waals surface area contributed by atoms with Crippen molar-refractivity contribution >= 4 is 11.7 Å². The van der Waals surface area contributed by atoms with Crippen molar-refractivity contribution < 1.29 is 14.3 Å². The quantitative estimate of drug-likeness (QED) is 0.542. The molecule has 2 aromatic carbocycles. The van der Waals surface area contributed by atoms with Gasteiger partial charge in [0.1, 0.15) is 0 Å². The third-order valence-electron chi connectivity index (χ3n) is 5.07. The summed E-state index contributed by atoms with van der Waals surface area (Å²) in [5.74, 6) is -0.154. The first-order valence-electron chi connectivity index (χ1n) is 10.1. The molecule has 2 aromatic rings. The molecule has 0 amide bonds. The Balaban J connectivity index is 2.04. The molecule has 0 saturated carbocycles. The Kier molecular flexibility index (Phi) is 6.99. The van der Waals surface area contributed by atoms with E-state index >= 15 is 0 Å². The fourth-order valence-corrected chi connectivity index (χ4v) is 3.94. The maximum Gasteiger partial charge on any atom is 0.331 e. The van der Waals surface area contributed by atoms with E-state index in [-0.39, 0.29) is 24.1 Å². The summed E-state index contributed by atoms with van der Waals surface area (Å²) < 4.78 is 11.3. The molecule has 0 spiro atoms. The first kappa shape index (κ1) is 20.3. The predicted molar refractivity (Wildman–Crippen MR) is 112 cm³/mol. The van der Waals surface area contributed by atoms with Gasteiger partial charge in [0, 0.05) is 11.1 Å². The molecule has 148 valence electrons. The highest BCUT2D eigenvalue weighted by molar-refractivity contribution is 6.13. The van der Waals surface area contributed by atoms with Crippen molar-refractivity contribution in [3.8, 4) is 0 Å². The minimum Gasteiger partial charge on any atom is -0.464 e. The van der Waals surface area contributed by atoms with E-state index in [1.807, 2.05) is 67.6 Å². The van der Waals surface area contributed by atoms with Gasteiger partial charge in [-0.25, -0.2) is 4.79 Å². The maximum absolute atomic E-state index is 12.9. The van der Waals surface area contributed by atoms with E-state index in [1.54, 1.807) is 0 Å². The highest BCUT2D eigenvalue weighted by atomic mass is 16.5. The van der Waals surface area contributed by atoms with Crippen molar-refractivity contribution in [3.05, 3.63) is 71.8 Å². The summed E-state index contributed by atoms with van der Waals surface area (Å²) in [5, 5.41) is 0. The van der Waals surface area contributed by atoms with Gasteiger partial charge >= 0.3 is 5.97 Å². The second kappa shape index (κ2) is 9.65. The zero-order valence-corrected chi connectivity index (χ0v) is 16.9. The molecule has 4 atom stereocenters. The number of hydrogen-bond donors (Lipinski definition) is 0. The maximum atomic E-state index is 12.9. The lowest BCUT2D eigenvalue weighted by molar-refractivity contribution is -0.148. The first-order chi connectivity index (χ1) is 13.6. The number of benzene rings is 2. The second-order valence-electron chi connectivity index (χ2n) is 7.40. The van der Waals surface area contributed by atoms with Crippen LogP contribution in [-0.4, -0.2) is 36.5 Å². The van der Waals surface area contributed by atoms with Crippen molar-refractivity contribution in [1.82, 2.24) is 0 Å². The highest BCUT2D eigenvalue weighted by Gasteiger charge is 2.36. The number of nitrogens with zero attached hydrogens (tertiary/aromatic N) is 1. The van der Waals surface area contributed by atoms with Crippen LogP contribution in [0.15, 0.2) is 65.7 Å². The lowest BCUT2D eigenvalue weighted by Crippen LogP contribution is -2.39. The Bertz CT molecular complexity index is 737. The number of aliphatic imine (C=N–C) groups is 1. The Labute approximate surface area is 167 Å². The molecule has 1 aliphatic rings. The largest absolute Gasteiger partial charge is 0.464 e. The summed E-state index contributed by atoms with van der Waals surface area (Å²) in [4.78, 5) is 17.9. The van der Waals surface area contributed by atoms with Gasteiger partial charge in [-0.2, -0.15) is 0 Å². The molecule has 3 rings (SSSR count). The zero-order valence-electron chi connectivity index (χ0n) is 16.9. The Morgan fingerprint density at radius 2 is 1.50 bits per heavy atom. The third-order valence-corrected chi connectivity index (χ3v) is 5.07. The number of hydrogen-bond acceptors (Lipinski definition) is 4. The van der Waals surface area contributed by atoms with Crippen LogP contribution < -0.4 is 0 Å². The van der Waals surface area contributed by atoms with E-state index in [0.717, 1.165) is 29.7 Å². The molecule has 1 heterocycles.